The minimum Gasteiger partial charge on any atom is -0.308 e. The number of hydrogen-bond donors (Lipinski definition) is 1. The van der Waals surface area contributed by atoms with Gasteiger partial charge in [0.15, 0.2) is 5.82 Å². The van der Waals surface area contributed by atoms with Crippen LogP contribution >= 0.6 is 11.6 Å². The molecule has 1 aliphatic heterocycles. The quantitative estimate of drug-likeness (QED) is 0.369. The molecule has 1 aliphatic rings. The molecule has 9 heteroatoms. The Balaban J connectivity index is 1.21. The van der Waals surface area contributed by atoms with E-state index in [-0.39, 0.29) is 47.3 Å². The lowest BCUT2D eigenvalue weighted by atomic mass is 10.1. The lowest BCUT2D eigenvalue weighted by Crippen LogP contribution is -2.30. The van der Waals surface area contributed by atoms with Crippen molar-refractivity contribution in [3.8, 4) is 0 Å². The smallest absolute Gasteiger partial charge is 0.261 e. The molecule has 0 bridgehead atoms. The van der Waals surface area contributed by atoms with Crippen molar-refractivity contribution in [1.29, 1.82) is 0 Å². The van der Waals surface area contributed by atoms with Crippen molar-refractivity contribution in [2.75, 3.05) is 11.9 Å². The van der Waals surface area contributed by atoms with E-state index in [9.17, 15) is 18.8 Å². The summed E-state index contributed by atoms with van der Waals surface area (Å²) in [5, 5.41) is 7.17. The highest BCUT2D eigenvalue weighted by Gasteiger charge is 2.34. The van der Waals surface area contributed by atoms with Crippen LogP contribution in [0.4, 0.5) is 10.2 Å². The summed E-state index contributed by atoms with van der Waals surface area (Å²) in [6, 6.07) is 13.2. The van der Waals surface area contributed by atoms with E-state index >= 15 is 0 Å². The Labute approximate surface area is 195 Å². The van der Waals surface area contributed by atoms with Crippen LogP contribution in [0.2, 0.25) is 5.02 Å². The molecule has 0 atom stereocenters. The highest BCUT2D eigenvalue weighted by Crippen LogP contribution is 2.23. The normalized spacial score (nSPS) is 12.8. The molecular formula is C24H22ClFN4O3. The lowest BCUT2D eigenvalue weighted by Gasteiger charge is -2.13. The first-order valence-corrected chi connectivity index (χ1v) is 11.0. The van der Waals surface area contributed by atoms with Gasteiger partial charge in [-0.1, -0.05) is 48.4 Å². The molecule has 3 amide bonds. The SMILES string of the molecule is O=C(CCCCCN1C(=O)c2ccccc2C1=O)Nc1nn(Cc2ccccc2F)cc1Cl. The fraction of sp³-hybridized carbons (Fsp3) is 0.250. The molecule has 0 saturated carbocycles. The fourth-order valence-corrected chi connectivity index (χ4v) is 3.93. The zero-order valence-electron chi connectivity index (χ0n) is 17.8. The van der Waals surface area contributed by atoms with Gasteiger partial charge in [0, 0.05) is 24.7 Å². The van der Waals surface area contributed by atoms with Crippen LogP contribution in [-0.2, 0) is 11.3 Å². The number of imide groups is 1. The van der Waals surface area contributed by atoms with E-state index in [4.69, 9.17) is 11.6 Å². The van der Waals surface area contributed by atoms with E-state index in [1.54, 1.807) is 42.5 Å². The second-order valence-electron chi connectivity index (χ2n) is 7.78. The van der Waals surface area contributed by atoms with Crippen molar-refractivity contribution < 1.29 is 18.8 Å². The maximum Gasteiger partial charge on any atom is 0.261 e. The standard InChI is InChI=1S/C24H22ClFN4O3/c25-19-15-29(14-16-8-3-6-11-20(16)26)28-22(19)27-21(31)12-2-1-7-13-30-23(32)17-9-4-5-10-18(17)24(30)33/h3-6,8-11,15H,1-2,7,12-14H2,(H,27,28,31). The molecule has 2 aromatic carbocycles. The minimum atomic E-state index is -0.337. The second-order valence-corrected chi connectivity index (χ2v) is 8.19. The average molecular weight is 469 g/mol. The summed E-state index contributed by atoms with van der Waals surface area (Å²) in [5.41, 5.74) is 1.34. The van der Waals surface area contributed by atoms with Crippen molar-refractivity contribution in [1.82, 2.24) is 14.7 Å². The summed E-state index contributed by atoms with van der Waals surface area (Å²) in [5.74, 6) is -0.892. The number of carbonyl (C=O) groups excluding carboxylic acids is 3. The van der Waals surface area contributed by atoms with Gasteiger partial charge in [0.2, 0.25) is 5.91 Å². The van der Waals surface area contributed by atoms with E-state index in [0.717, 1.165) is 0 Å². The van der Waals surface area contributed by atoms with Gasteiger partial charge >= 0.3 is 0 Å². The number of unbranched alkanes of at least 4 members (excludes halogenated alkanes) is 2. The summed E-state index contributed by atoms with van der Waals surface area (Å²) in [6.45, 7) is 0.514. The van der Waals surface area contributed by atoms with Gasteiger partial charge in [0.05, 0.1) is 17.7 Å². The van der Waals surface area contributed by atoms with Gasteiger partial charge in [-0.05, 0) is 31.0 Å². The summed E-state index contributed by atoms with van der Waals surface area (Å²) in [6.07, 6.45) is 3.65. The maximum atomic E-state index is 13.8. The third-order valence-corrected chi connectivity index (χ3v) is 5.71. The van der Waals surface area contributed by atoms with Crippen LogP contribution < -0.4 is 5.32 Å². The lowest BCUT2D eigenvalue weighted by molar-refractivity contribution is -0.116. The molecule has 0 fully saturated rings. The van der Waals surface area contributed by atoms with E-state index in [1.165, 1.54) is 21.8 Å². The molecule has 2 heterocycles. The summed E-state index contributed by atoms with van der Waals surface area (Å²) >= 11 is 6.16. The van der Waals surface area contributed by atoms with Crippen LogP contribution in [-0.4, -0.2) is 38.9 Å². The largest absolute Gasteiger partial charge is 0.308 e. The molecule has 7 nitrogen and oxygen atoms in total. The van der Waals surface area contributed by atoms with Gasteiger partial charge in [-0.2, -0.15) is 5.10 Å². The van der Waals surface area contributed by atoms with Gasteiger partial charge in [0.25, 0.3) is 11.8 Å². The number of hydrogen-bond acceptors (Lipinski definition) is 4. The number of anilines is 1. The summed E-state index contributed by atoms with van der Waals surface area (Å²) < 4.78 is 15.3. The van der Waals surface area contributed by atoms with Crippen LogP contribution in [0.3, 0.4) is 0 Å². The molecule has 33 heavy (non-hydrogen) atoms. The predicted octanol–water partition coefficient (Wildman–Crippen LogP) is 4.52. The molecule has 0 saturated heterocycles. The second kappa shape index (κ2) is 9.95. The van der Waals surface area contributed by atoms with E-state index in [0.29, 0.717) is 42.5 Å². The first-order chi connectivity index (χ1) is 15.9. The number of carbonyl (C=O) groups is 3. The van der Waals surface area contributed by atoms with Gasteiger partial charge in [-0.15, -0.1) is 0 Å². The molecular weight excluding hydrogens is 447 g/mol. The van der Waals surface area contributed by atoms with Crippen LogP contribution in [0, 0.1) is 5.82 Å². The molecule has 0 spiro atoms. The molecule has 1 N–H and O–H groups in total. The first-order valence-electron chi connectivity index (χ1n) is 10.7. The highest BCUT2D eigenvalue weighted by atomic mass is 35.5. The number of fused-ring (bicyclic) bond motifs is 1. The van der Waals surface area contributed by atoms with Gasteiger partial charge in [-0.25, -0.2) is 4.39 Å². The zero-order chi connectivity index (χ0) is 23.4. The Morgan fingerprint density at radius 1 is 0.970 bits per heavy atom. The fourth-order valence-electron chi connectivity index (χ4n) is 3.73. The molecule has 1 aromatic heterocycles. The molecule has 0 unspecified atom stereocenters. The molecule has 170 valence electrons. The molecule has 3 aromatic rings. The minimum absolute atomic E-state index is 0.195. The van der Waals surface area contributed by atoms with Crippen LogP contribution in [0.1, 0.15) is 52.0 Å². The number of nitrogens with zero attached hydrogens (tertiary/aromatic N) is 3. The van der Waals surface area contributed by atoms with Crippen molar-refractivity contribution in [2.24, 2.45) is 0 Å². The van der Waals surface area contributed by atoms with Gasteiger partial charge in [-0.3, -0.25) is 24.0 Å². The molecule has 0 radical (unpaired) electrons. The third kappa shape index (κ3) is 5.12. The number of aromatic nitrogens is 2. The number of benzene rings is 2. The Morgan fingerprint density at radius 2 is 1.64 bits per heavy atom. The van der Waals surface area contributed by atoms with Crippen LogP contribution in [0.5, 0.6) is 0 Å². The average Bonchev–Trinajstić information content (AvgIpc) is 3.26. The maximum absolute atomic E-state index is 13.8. The van der Waals surface area contributed by atoms with Crippen molar-refractivity contribution in [2.45, 2.75) is 32.2 Å². The van der Waals surface area contributed by atoms with Crippen molar-refractivity contribution in [3.05, 3.63) is 82.3 Å². The van der Waals surface area contributed by atoms with Crippen LogP contribution in [0.15, 0.2) is 54.7 Å². The number of amides is 3. The summed E-state index contributed by atoms with van der Waals surface area (Å²) in [4.78, 5) is 38.2. The molecule has 4 rings (SSSR count). The van der Waals surface area contributed by atoms with Crippen molar-refractivity contribution >= 4 is 35.1 Å². The number of halogens is 2. The third-order valence-electron chi connectivity index (χ3n) is 5.43. The Morgan fingerprint density at radius 3 is 2.33 bits per heavy atom. The van der Waals surface area contributed by atoms with E-state index < -0.39 is 0 Å². The van der Waals surface area contributed by atoms with Gasteiger partial charge < -0.3 is 5.32 Å². The first kappa shape index (κ1) is 22.7. The monoisotopic (exact) mass is 468 g/mol. The van der Waals surface area contributed by atoms with Crippen molar-refractivity contribution in [3.63, 3.8) is 0 Å². The highest BCUT2D eigenvalue weighted by molar-refractivity contribution is 6.33. The van der Waals surface area contributed by atoms with E-state index in [1.807, 2.05) is 0 Å². The molecule has 0 aliphatic carbocycles. The van der Waals surface area contributed by atoms with E-state index in [2.05, 4.69) is 10.4 Å². The Hall–Kier alpha value is -3.52. The van der Waals surface area contributed by atoms with Gasteiger partial charge in [0.1, 0.15) is 10.8 Å². The Kier molecular flexibility index (Phi) is 6.84. The Bertz CT molecular complexity index is 1170. The number of nitrogens with one attached hydrogen (secondary N) is 1. The number of rotatable bonds is 9. The van der Waals surface area contributed by atoms with Crippen LogP contribution in [0.25, 0.3) is 0 Å². The topological polar surface area (TPSA) is 84.3 Å². The predicted molar refractivity (Wildman–Crippen MR) is 122 cm³/mol. The summed E-state index contributed by atoms with van der Waals surface area (Å²) in [7, 11) is 0. The zero-order valence-corrected chi connectivity index (χ0v) is 18.5.